The lowest BCUT2D eigenvalue weighted by atomic mass is 9.91. The van der Waals surface area contributed by atoms with Crippen LogP contribution in [0.25, 0.3) is 0 Å². The fraction of sp³-hybridized carbons (Fsp3) is 0.800. The molecule has 2 rings (SSSR count). The molecule has 0 atom stereocenters. The van der Waals surface area contributed by atoms with Gasteiger partial charge in [-0.3, -0.25) is 4.90 Å². The summed E-state index contributed by atoms with van der Waals surface area (Å²) >= 11 is 0. The first-order valence-electron chi connectivity index (χ1n) is 5.50. The number of nitrogens with zero attached hydrogens (tertiary/aromatic N) is 3. The van der Waals surface area contributed by atoms with Gasteiger partial charge in [-0.15, -0.1) is 0 Å². The molecule has 0 spiro atoms. The molecular formula is C10H17N3O2. The highest BCUT2D eigenvalue weighted by atomic mass is 16.5. The van der Waals surface area contributed by atoms with Gasteiger partial charge in [-0.05, 0) is 19.3 Å². The summed E-state index contributed by atoms with van der Waals surface area (Å²) in [6.07, 6.45) is 5.99. The Bertz CT molecular complexity index is 272. The zero-order valence-corrected chi connectivity index (χ0v) is 8.80. The molecule has 0 aromatic carbocycles. The molecule has 1 aliphatic rings. The monoisotopic (exact) mass is 211 g/mol. The van der Waals surface area contributed by atoms with Crippen molar-refractivity contribution in [2.75, 3.05) is 13.2 Å². The largest absolute Gasteiger partial charge is 0.396 e. The molecule has 0 unspecified atom stereocenters. The van der Waals surface area contributed by atoms with Crippen molar-refractivity contribution < 1.29 is 9.63 Å². The molecule has 0 amide bonds. The first-order chi connectivity index (χ1) is 7.40. The van der Waals surface area contributed by atoms with Crippen molar-refractivity contribution in [3.05, 3.63) is 12.2 Å². The second-order valence-corrected chi connectivity index (χ2v) is 3.98. The predicted molar refractivity (Wildman–Crippen MR) is 54.0 cm³/mol. The molecule has 0 aliphatic heterocycles. The standard InChI is InChI=1S/C10H17N3O2/c14-6-2-5-13(9-3-1-4-9)7-10-11-8-15-12-10/h8-9,14H,1-7H2. The van der Waals surface area contributed by atoms with Crippen LogP contribution in [0.4, 0.5) is 0 Å². The van der Waals surface area contributed by atoms with Gasteiger partial charge >= 0.3 is 0 Å². The fourth-order valence-electron chi connectivity index (χ4n) is 1.86. The van der Waals surface area contributed by atoms with Crippen molar-refractivity contribution >= 4 is 0 Å². The number of aromatic nitrogens is 2. The third-order valence-corrected chi connectivity index (χ3v) is 2.95. The van der Waals surface area contributed by atoms with Crippen LogP contribution in [0.3, 0.4) is 0 Å². The zero-order chi connectivity index (χ0) is 10.5. The quantitative estimate of drug-likeness (QED) is 0.754. The summed E-state index contributed by atoms with van der Waals surface area (Å²) < 4.78 is 4.71. The molecule has 0 bridgehead atoms. The highest BCUT2D eigenvalue weighted by Gasteiger charge is 2.25. The van der Waals surface area contributed by atoms with E-state index in [1.807, 2.05) is 0 Å². The molecule has 15 heavy (non-hydrogen) atoms. The summed E-state index contributed by atoms with van der Waals surface area (Å²) in [7, 11) is 0. The van der Waals surface area contributed by atoms with E-state index >= 15 is 0 Å². The molecule has 1 fully saturated rings. The number of hydrogen-bond acceptors (Lipinski definition) is 5. The van der Waals surface area contributed by atoms with E-state index in [1.54, 1.807) is 0 Å². The topological polar surface area (TPSA) is 62.4 Å². The molecule has 1 heterocycles. The van der Waals surface area contributed by atoms with Crippen LogP contribution in [0, 0.1) is 0 Å². The van der Waals surface area contributed by atoms with Gasteiger partial charge in [0, 0.05) is 19.2 Å². The molecule has 84 valence electrons. The van der Waals surface area contributed by atoms with Crippen LogP contribution in [0.2, 0.25) is 0 Å². The van der Waals surface area contributed by atoms with E-state index in [-0.39, 0.29) is 6.61 Å². The normalized spacial score (nSPS) is 16.9. The van der Waals surface area contributed by atoms with Crippen molar-refractivity contribution in [2.45, 2.75) is 38.3 Å². The van der Waals surface area contributed by atoms with E-state index in [1.165, 1.54) is 25.7 Å². The maximum absolute atomic E-state index is 8.84. The molecule has 1 aliphatic carbocycles. The maximum Gasteiger partial charge on any atom is 0.213 e. The Labute approximate surface area is 89.1 Å². The van der Waals surface area contributed by atoms with Crippen molar-refractivity contribution in [3.8, 4) is 0 Å². The maximum atomic E-state index is 8.84. The Morgan fingerprint density at radius 3 is 2.93 bits per heavy atom. The van der Waals surface area contributed by atoms with Crippen molar-refractivity contribution in [3.63, 3.8) is 0 Å². The number of aliphatic hydroxyl groups excluding tert-OH is 1. The second kappa shape index (κ2) is 5.23. The van der Waals surface area contributed by atoms with Crippen LogP contribution in [0.1, 0.15) is 31.5 Å². The first-order valence-corrected chi connectivity index (χ1v) is 5.50. The van der Waals surface area contributed by atoms with E-state index in [2.05, 4.69) is 15.0 Å². The Morgan fingerprint density at radius 1 is 1.53 bits per heavy atom. The zero-order valence-electron chi connectivity index (χ0n) is 8.80. The van der Waals surface area contributed by atoms with Gasteiger partial charge in [0.25, 0.3) is 0 Å². The minimum absolute atomic E-state index is 0.246. The smallest absolute Gasteiger partial charge is 0.213 e. The fourth-order valence-corrected chi connectivity index (χ4v) is 1.86. The van der Waals surface area contributed by atoms with Gasteiger partial charge in [-0.25, -0.2) is 0 Å². The average Bonchev–Trinajstić information content (AvgIpc) is 2.64. The van der Waals surface area contributed by atoms with Crippen LogP contribution >= 0.6 is 0 Å². The van der Waals surface area contributed by atoms with Crippen molar-refractivity contribution in [1.29, 1.82) is 0 Å². The van der Waals surface area contributed by atoms with Crippen LogP contribution in [0.15, 0.2) is 10.9 Å². The van der Waals surface area contributed by atoms with Crippen molar-refractivity contribution in [1.82, 2.24) is 15.0 Å². The molecule has 0 radical (unpaired) electrons. The van der Waals surface area contributed by atoms with Crippen LogP contribution in [0.5, 0.6) is 0 Å². The van der Waals surface area contributed by atoms with Gasteiger partial charge in [0.2, 0.25) is 6.39 Å². The van der Waals surface area contributed by atoms with Gasteiger partial charge in [-0.2, -0.15) is 4.98 Å². The molecule has 1 N–H and O–H groups in total. The Hall–Kier alpha value is -0.940. The summed E-state index contributed by atoms with van der Waals surface area (Å²) in [6.45, 7) is 1.90. The minimum atomic E-state index is 0.246. The average molecular weight is 211 g/mol. The van der Waals surface area contributed by atoms with E-state index in [4.69, 9.17) is 9.63 Å². The summed E-state index contributed by atoms with van der Waals surface area (Å²) in [5.41, 5.74) is 0. The van der Waals surface area contributed by atoms with E-state index in [0.29, 0.717) is 6.04 Å². The van der Waals surface area contributed by atoms with Crippen LogP contribution in [-0.2, 0) is 6.54 Å². The Morgan fingerprint density at radius 2 is 2.40 bits per heavy atom. The highest BCUT2D eigenvalue weighted by Crippen LogP contribution is 2.25. The summed E-state index contributed by atoms with van der Waals surface area (Å²) in [4.78, 5) is 6.36. The summed E-state index contributed by atoms with van der Waals surface area (Å²) in [6, 6.07) is 0.648. The Balaban J connectivity index is 1.86. The van der Waals surface area contributed by atoms with E-state index in [0.717, 1.165) is 25.3 Å². The summed E-state index contributed by atoms with van der Waals surface area (Å²) in [5, 5.41) is 12.7. The van der Waals surface area contributed by atoms with E-state index < -0.39 is 0 Å². The van der Waals surface area contributed by atoms with E-state index in [9.17, 15) is 0 Å². The lowest BCUT2D eigenvalue weighted by molar-refractivity contribution is 0.105. The molecule has 1 aromatic rings. The predicted octanol–water partition coefficient (Wildman–Crippen LogP) is 0.806. The van der Waals surface area contributed by atoms with Gasteiger partial charge < -0.3 is 9.63 Å². The molecule has 1 saturated carbocycles. The van der Waals surface area contributed by atoms with Gasteiger partial charge in [-0.1, -0.05) is 11.6 Å². The lowest BCUT2D eigenvalue weighted by Crippen LogP contribution is -2.40. The molecule has 0 saturated heterocycles. The van der Waals surface area contributed by atoms with Gasteiger partial charge in [0.05, 0.1) is 6.54 Å². The Kier molecular flexibility index (Phi) is 3.69. The number of rotatable bonds is 6. The van der Waals surface area contributed by atoms with Gasteiger partial charge in [0.1, 0.15) is 0 Å². The molecule has 5 nitrogen and oxygen atoms in total. The third kappa shape index (κ3) is 2.76. The van der Waals surface area contributed by atoms with Crippen LogP contribution < -0.4 is 0 Å². The number of aliphatic hydroxyl groups is 1. The molecule has 1 aromatic heterocycles. The van der Waals surface area contributed by atoms with Crippen molar-refractivity contribution in [2.24, 2.45) is 0 Å². The van der Waals surface area contributed by atoms with Crippen LogP contribution in [-0.4, -0.2) is 39.3 Å². The second-order valence-electron chi connectivity index (χ2n) is 3.98. The van der Waals surface area contributed by atoms with Gasteiger partial charge in [0.15, 0.2) is 5.82 Å². The SMILES string of the molecule is OCCCN(Cc1ncon1)C1CCC1. The third-order valence-electron chi connectivity index (χ3n) is 2.95. The lowest BCUT2D eigenvalue weighted by Gasteiger charge is -2.36. The minimum Gasteiger partial charge on any atom is -0.396 e. The molecule has 5 heteroatoms. The number of hydrogen-bond donors (Lipinski definition) is 1. The molecular weight excluding hydrogens is 194 g/mol. The first kappa shape index (κ1) is 10.6. The summed E-state index contributed by atoms with van der Waals surface area (Å²) in [5.74, 6) is 0.736. The highest BCUT2D eigenvalue weighted by molar-refractivity contribution is 4.85.